The zero-order chi connectivity index (χ0) is 13.9. The molecule has 20 heavy (non-hydrogen) atoms. The van der Waals surface area contributed by atoms with E-state index in [0.717, 1.165) is 18.4 Å². The summed E-state index contributed by atoms with van der Waals surface area (Å²) in [5, 5.41) is 2.94. The molecule has 4 nitrogen and oxygen atoms in total. The summed E-state index contributed by atoms with van der Waals surface area (Å²) in [6.07, 6.45) is 1.97. The maximum absolute atomic E-state index is 12.3. The Hall–Kier alpha value is -1.49. The van der Waals surface area contributed by atoms with Crippen LogP contribution in [-0.4, -0.2) is 34.4 Å². The Bertz CT molecular complexity index is 502. The summed E-state index contributed by atoms with van der Waals surface area (Å²) in [6, 6.07) is 9.53. The molecule has 2 aliphatic rings. The zero-order valence-corrected chi connectivity index (χ0v) is 12.1. The van der Waals surface area contributed by atoms with Crippen molar-refractivity contribution >= 4 is 23.6 Å². The molecule has 1 atom stereocenters. The minimum Gasteiger partial charge on any atom is -0.350 e. The van der Waals surface area contributed by atoms with Crippen LogP contribution in [0.1, 0.15) is 18.4 Å². The van der Waals surface area contributed by atoms with Crippen molar-refractivity contribution in [3.8, 4) is 0 Å². The van der Waals surface area contributed by atoms with E-state index in [0.29, 0.717) is 18.2 Å². The van der Waals surface area contributed by atoms with Crippen LogP contribution in [0.25, 0.3) is 0 Å². The van der Waals surface area contributed by atoms with Crippen molar-refractivity contribution in [2.75, 3.05) is 11.6 Å². The molecule has 3 rings (SSSR count). The van der Waals surface area contributed by atoms with Crippen molar-refractivity contribution in [3.63, 3.8) is 0 Å². The molecule has 2 amide bonds. The standard InChI is InChI=1S/C15H18N2O2S/c18-14(16-8-11-4-2-1-3-5-11)13-9-20-10-17(13)15(19)12-6-7-12/h1-5,12-13H,6-10H2,(H,16,18). The van der Waals surface area contributed by atoms with Gasteiger partial charge in [-0.3, -0.25) is 9.59 Å². The summed E-state index contributed by atoms with van der Waals surface area (Å²) in [7, 11) is 0. The molecule has 5 heteroatoms. The summed E-state index contributed by atoms with van der Waals surface area (Å²) >= 11 is 1.66. The first-order valence-corrected chi connectivity index (χ1v) is 8.11. The van der Waals surface area contributed by atoms with E-state index >= 15 is 0 Å². The van der Waals surface area contributed by atoms with Gasteiger partial charge in [0.15, 0.2) is 0 Å². The molecular weight excluding hydrogens is 272 g/mol. The average molecular weight is 290 g/mol. The number of amides is 2. The van der Waals surface area contributed by atoms with Gasteiger partial charge in [-0.2, -0.15) is 0 Å². The molecule has 1 aliphatic carbocycles. The SMILES string of the molecule is O=C(NCc1ccccc1)C1CSCN1C(=O)C1CC1. The molecule has 2 fully saturated rings. The van der Waals surface area contributed by atoms with Crippen molar-refractivity contribution in [1.82, 2.24) is 10.2 Å². The monoisotopic (exact) mass is 290 g/mol. The number of carbonyl (C=O) groups is 2. The Labute approximate surface area is 122 Å². The molecule has 0 spiro atoms. The molecule has 0 aromatic heterocycles. The second-order valence-corrected chi connectivity index (χ2v) is 6.30. The normalized spacial score (nSPS) is 21.8. The third-order valence-electron chi connectivity index (χ3n) is 3.70. The maximum atomic E-state index is 12.3. The highest BCUT2D eigenvalue weighted by molar-refractivity contribution is 7.99. The molecule has 0 bridgehead atoms. The number of rotatable bonds is 4. The fraction of sp³-hybridized carbons (Fsp3) is 0.467. The van der Waals surface area contributed by atoms with Crippen LogP contribution < -0.4 is 5.32 Å². The Morgan fingerprint density at radius 3 is 2.70 bits per heavy atom. The van der Waals surface area contributed by atoms with Crippen molar-refractivity contribution < 1.29 is 9.59 Å². The molecule has 1 saturated carbocycles. The van der Waals surface area contributed by atoms with Crippen molar-refractivity contribution in [3.05, 3.63) is 35.9 Å². The highest BCUT2D eigenvalue weighted by Crippen LogP contribution is 2.34. The third kappa shape index (κ3) is 2.98. The van der Waals surface area contributed by atoms with Gasteiger partial charge < -0.3 is 10.2 Å². The highest BCUT2D eigenvalue weighted by Gasteiger charge is 2.41. The van der Waals surface area contributed by atoms with Crippen LogP contribution in [0.3, 0.4) is 0 Å². The molecule has 1 aromatic carbocycles. The summed E-state index contributed by atoms with van der Waals surface area (Å²) in [5.74, 6) is 1.67. The fourth-order valence-corrected chi connectivity index (χ4v) is 3.51. The Morgan fingerprint density at radius 2 is 2.00 bits per heavy atom. The van der Waals surface area contributed by atoms with Crippen LogP contribution in [0.15, 0.2) is 30.3 Å². The fourth-order valence-electron chi connectivity index (χ4n) is 2.34. The topological polar surface area (TPSA) is 49.4 Å². The van der Waals surface area contributed by atoms with E-state index in [-0.39, 0.29) is 23.8 Å². The van der Waals surface area contributed by atoms with Gasteiger partial charge in [-0.1, -0.05) is 30.3 Å². The average Bonchev–Trinajstić information content (AvgIpc) is 3.22. The number of carbonyl (C=O) groups excluding carboxylic acids is 2. The van der Waals surface area contributed by atoms with Gasteiger partial charge in [-0.05, 0) is 18.4 Å². The van der Waals surface area contributed by atoms with Gasteiger partial charge in [0.2, 0.25) is 11.8 Å². The molecular formula is C15H18N2O2S. The number of nitrogens with zero attached hydrogens (tertiary/aromatic N) is 1. The van der Waals surface area contributed by atoms with Gasteiger partial charge in [0, 0.05) is 18.2 Å². The van der Waals surface area contributed by atoms with Gasteiger partial charge >= 0.3 is 0 Å². The highest BCUT2D eigenvalue weighted by atomic mass is 32.2. The second-order valence-electron chi connectivity index (χ2n) is 5.30. The molecule has 1 heterocycles. The van der Waals surface area contributed by atoms with Gasteiger partial charge in [0.05, 0.1) is 5.88 Å². The van der Waals surface area contributed by atoms with Crippen LogP contribution in [0.2, 0.25) is 0 Å². The smallest absolute Gasteiger partial charge is 0.243 e. The summed E-state index contributed by atoms with van der Waals surface area (Å²) in [4.78, 5) is 26.1. The molecule has 1 aliphatic heterocycles. The molecule has 106 valence electrons. The molecule has 1 aromatic rings. The Kier molecular flexibility index (Phi) is 3.96. The van der Waals surface area contributed by atoms with E-state index in [1.165, 1.54) is 0 Å². The van der Waals surface area contributed by atoms with Crippen LogP contribution >= 0.6 is 11.8 Å². The van der Waals surface area contributed by atoms with Gasteiger partial charge in [-0.15, -0.1) is 11.8 Å². The summed E-state index contributed by atoms with van der Waals surface area (Å²) in [5.41, 5.74) is 1.08. The first kappa shape index (κ1) is 13.5. The van der Waals surface area contributed by atoms with E-state index in [1.807, 2.05) is 30.3 Å². The third-order valence-corrected chi connectivity index (χ3v) is 4.72. The van der Waals surface area contributed by atoms with Crippen molar-refractivity contribution in [2.24, 2.45) is 5.92 Å². The molecule has 1 N–H and O–H groups in total. The first-order chi connectivity index (χ1) is 9.75. The number of nitrogens with one attached hydrogen (secondary N) is 1. The lowest BCUT2D eigenvalue weighted by Gasteiger charge is -2.23. The zero-order valence-electron chi connectivity index (χ0n) is 11.2. The molecule has 0 radical (unpaired) electrons. The predicted octanol–water partition coefficient (Wildman–Crippen LogP) is 1.61. The van der Waals surface area contributed by atoms with E-state index < -0.39 is 0 Å². The van der Waals surface area contributed by atoms with E-state index in [2.05, 4.69) is 5.32 Å². The Balaban J connectivity index is 1.57. The first-order valence-electron chi connectivity index (χ1n) is 6.95. The van der Waals surface area contributed by atoms with Crippen molar-refractivity contribution in [1.29, 1.82) is 0 Å². The maximum Gasteiger partial charge on any atom is 0.243 e. The predicted molar refractivity (Wildman–Crippen MR) is 79.0 cm³/mol. The van der Waals surface area contributed by atoms with Crippen LogP contribution in [0, 0.1) is 5.92 Å². The van der Waals surface area contributed by atoms with E-state index in [4.69, 9.17) is 0 Å². The number of hydrogen-bond acceptors (Lipinski definition) is 3. The lowest BCUT2D eigenvalue weighted by molar-refractivity contribution is -0.139. The minimum atomic E-state index is -0.295. The lowest BCUT2D eigenvalue weighted by Crippen LogP contribution is -2.47. The minimum absolute atomic E-state index is 0.0344. The van der Waals surface area contributed by atoms with Gasteiger partial charge in [-0.25, -0.2) is 0 Å². The summed E-state index contributed by atoms with van der Waals surface area (Å²) < 4.78 is 0. The van der Waals surface area contributed by atoms with Crippen molar-refractivity contribution in [2.45, 2.75) is 25.4 Å². The Morgan fingerprint density at radius 1 is 1.25 bits per heavy atom. The van der Waals surface area contributed by atoms with Crippen LogP contribution in [0.4, 0.5) is 0 Å². The molecule has 1 unspecified atom stereocenters. The van der Waals surface area contributed by atoms with Gasteiger partial charge in [0.25, 0.3) is 0 Å². The molecule has 1 saturated heterocycles. The largest absolute Gasteiger partial charge is 0.350 e. The number of benzene rings is 1. The summed E-state index contributed by atoms with van der Waals surface area (Å²) in [6.45, 7) is 0.520. The van der Waals surface area contributed by atoms with E-state index in [1.54, 1.807) is 16.7 Å². The van der Waals surface area contributed by atoms with Gasteiger partial charge in [0.1, 0.15) is 6.04 Å². The van der Waals surface area contributed by atoms with E-state index in [9.17, 15) is 9.59 Å². The van der Waals surface area contributed by atoms with Crippen LogP contribution in [-0.2, 0) is 16.1 Å². The quantitative estimate of drug-likeness (QED) is 0.916. The number of hydrogen-bond donors (Lipinski definition) is 1. The van der Waals surface area contributed by atoms with Crippen LogP contribution in [0.5, 0.6) is 0 Å². The number of thioether (sulfide) groups is 1. The lowest BCUT2D eigenvalue weighted by atomic mass is 10.2. The second kappa shape index (κ2) is 5.87.